The highest BCUT2D eigenvalue weighted by Gasteiger charge is 2.78. The van der Waals surface area contributed by atoms with E-state index in [0.29, 0.717) is 5.57 Å². The van der Waals surface area contributed by atoms with Crippen molar-refractivity contribution < 1.29 is 52.8 Å². The maximum Gasteiger partial charge on any atom is 0.338 e. The maximum atomic E-state index is 15.7. The van der Waals surface area contributed by atoms with Gasteiger partial charge in [0.05, 0.1) is 35.7 Å². The first-order valence-electron chi connectivity index (χ1n) is 17.4. The summed E-state index contributed by atoms with van der Waals surface area (Å²) in [7, 11) is -2.84. The molecule has 51 heavy (non-hydrogen) atoms. The van der Waals surface area contributed by atoms with Crippen LogP contribution in [-0.2, 0) is 37.8 Å². The van der Waals surface area contributed by atoms with E-state index in [4.69, 9.17) is 23.4 Å². The summed E-state index contributed by atoms with van der Waals surface area (Å²) < 4.78 is 31.8. The van der Waals surface area contributed by atoms with E-state index in [-0.39, 0.29) is 30.6 Å². The summed E-state index contributed by atoms with van der Waals surface area (Å²) in [5.41, 5.74) is -6.05. The van der Waals surface area contributed by atoms with E-state index in [0.717, 1.165) is 5.19 Å². The van der Waals surface area contributed by atoms with E-state index in [2.05, 4.69) is 0 Å². The molecule has 6 rings (SSSR count). The molecule has 1 saturated heterocycles. The van der Waals surface area contributed by atoms with Crippen molar-refractivity contribution >= 4 is 37.2 Å². The molecule has 1 aliphatic heterocycles. The highest BCUT2D eigenvalue weighted by Crippen LogP contribution is 2.65. The Balaban J connectivity index is 1.67. The molecule has 274 valence electrons. The fourth-order valence-electron chi connectivity index (χ4n) is 9.32. The first-order valence-corrected chi connectivity index (χ1v) is 20.4. The minimum Gasteiger partial charge on any atom is -0.455 e. The first-order chi connectivity index (χ1) is 23.8. The van der Waals surface area contributed by atoms with Crippen LogP contribution >= 0.6 is 0 Å². The van der Waals surface area contributed by atoms with Gasteiger partial charge in [0.1, 0.15) is 17.8 Å². The lowest BCUT2D eigenvalue weighted by atomic mass is 9.44. The number of aliphatic hydroxyl groups is 2. The summed E-state index contributed by atoms with van der Waals surface area (Å²) in [6.07, 6.45) is -6.36. The summed E-state index contributed by atoms with van der Waals surface area (Å²) in [4.78, 5) is 55.7. The SMILES string of the molecule is CC(=O)O[C@H]1C(=O)[C@]2(C)[C@@H](O[Si](C)(C)c3ccccc3)C[C@H]3OC[C@@]3(OC(C)=O)[C@H]2[C@H](OC(=O)c2ccccc2)[C@]2(O)C[C@H](O)C(C)=C1C2(C)C. The van der Waals surface area contributed by atoms with Crippen LogP contribution < -0.4 is 5.19 Å². The number of esters is 3. The molecule has 4 aliphatic rings. The highest BCUT2D eigenvalue weighted by molar-refractivity contribution is 6.84. The van der Waals surface area contributed by atoms with E-state index in [1.165, 1.54) is 13.8 Å². The number of rotatable bonds is 7. The van der Waals surface area contributed by atoms with E-state index < -0.39 is 90.5 Å². The molecule has 0 amide bonds. The van der Waals surface area contributed by atoms with Crippen LogP contribution in [0.3, 0.4) is 0 Å². The average molecular weight is 721 g/mol. The molecule has 2 aromatic carbocycles. The van der Waals surface area contributed by atoms with Gasteiger partial charge in [0, 0.05) is 32.1 Å². The van der Waals surface area contributed by atoms with Crippen LogP contribution in [0.5, 0.6) is 0 Å². The second kappa shape index (κ2) is 12.8. The topological polar surface area (TPSA) is 155 Å². The summed E-state index contributed by atoms with van der Waals surface area (Å²) >= 11 is 0. The first kappa shape index (κ1) is 37.1. The molecule has 2 saturated carbocycles. The number of Topliss-reactive ketones (excluding diaryl/α,β-unsaturated/α-hetero) is 1. The number of benzene rings is 2. The quantitative estimate of drug-likeness (QED) is 0.186. The third-order valence-electron chi connectivity index (χ3n) is 12.1. The lowest BCUT2D eigenvalue weighted by Gasteiger charge is -2.68. The summed E-state index contributed by atoms with van der Waals surface area (Å²) in [6, 6.07) is 17.9. The smallest absolute Gasteiger partial charge is 0.338 e. The number of hydrogen-bond donors (Lipinski definition) is 2. The molecule has 3 aliphatic carbocycles. The van der Waals surface area contributed by atoms with Gasteiger partial charge in [-0.05, 0) is 55.4 Å². The molecule has 0 aromatic heterocycles. The Labute approximate surface area is 299 Å². The second-order valence-electron chi connectivity index (χ2n) is 15.7. The predicted octanol–water partition coefficient (Wildman–Crippen LogP) is 3.79. The molecule has 2 bridgehead atoms. The van der Waals surface area contributed by atoms with Crippen molar-refractivity contribution in [2.75, 3.05) is 6.61 Å². The monoisotopic (exact) mass is 720 g/mol. The normalized spacial score (nSPS) is 35.6. The zero-order valence-electron chi connectivity index (χ0n) is 30.4. The standard InChI is InChI=1S/C39H48O11Si/c1-22-27(42)20-39(45)34(48-35(44)25-15-11-9-12-16-25)32-37(6,33(43)31(47-23(2)40)30(22)36(39,4)5)28(19-29-38(32,21-46-29)49-24(3)41)50-51(7,8)26-17-13-10-14-18-26/h9-18,27-29,31-32,34,42,45H,19-21H2,1-8H3/t27-,28-,29+,31+,32-,34-,37+,38-,39+/m0/s1. The molecule has 11 nitrogen and oxygen atoms in total. The Kier molecular flexibility index (Phi) is 9.28. The fraction of sp³-hybridized carbons (Fsp3) is 0.538. The van der Waals surface area contributed by atoms with E-state index in [1.54, 1.807) is 58.0 Å². The average Bonchev–Trinajstić information content (AvgIpc) is 3.06. The van der Waals surface area contributed by atoms with E-state index in [9.17, 15) is 24.6 Å². The molecule has 2 N–H and O–H groups in total. The third-order valence-corrected chi connectivity index (χ3v) is 14.7. The van der Waals surface area contributed by atoms with Crippen LogP contribution in [0.1, 0.15) is 64.7 Å². The lowest BCUT2D eigenvalue weighted by Crippen LogP contribution is -2.82. The Hall–Kier alpha value is -3.68. The molecular weight excluding hydrogens is 673 g/mol. The van der Waals surface area contributed by atoms with Crippen LogP contribution in [-0.4, -0.2) is 90.6 Å². The van der Waals surface area contributed by atoms with Gasteiger partial charge in [-0.15, -0.1) is 0 Å². The number of fused-ring (bicyclic) bond motifs is 5. The third kappa shape index (κ3) is 5.70. The van der Waals surface area contributed by atoms with Gasteiger partial charge in [0.2, 0.25) is 8.32 Å². The summed E-state index contributed by atoms with van der Waals surface area (Å²) in [5, 5.41) is 25.9. The Morgan fingerprint density at radius 3 is 2.08 bits per heavy atom. The van der Waals surface area contributed by atoms with Gasteiger partial charge in [-0.25, -0.2) is 4.79 Å². The van der Waals surface area contributed by atoms with Crippen LogP contribution in [0.25, 0.3) is 0 Å². The number of carbonyl (C=O) groups is 4. The van der Waals surface area contributed by atoms with Crippen molar-refractivity contribution in [3.8, 4) is 0 Å². The van der Waals surface area contributed by atoms with Crippen LogP contribution in [0.15, 0.2) is 71.8 Å². The van der Waals surface area contributed by atoms with Gasteiger partial charge in [0.25, 0.3) is 0 Å². The van der Waals surface area contributed by atoms with Crippen LogP contribution in [0.4, 0.5) is 0 Å². The van der Waals surface area contributed by atoms with Crippen molar-refractivity contribution in [3.05, 3.63) is 77.4 Å². The van der Waals surface area contributed by atoms with Crippen molar-refractivity contribution in [2.24, 2.45) is 16.7 Å². The van der Waals surface area contributed by atoms with E-state index in [1.807, 2.05) is 43.4 Å². The minimum atomic E-state index is -2.84. The highest BCUT2D eigenvalue weighted by atomic mass is 28.4. The van der Waals surface area contributed by atoms with Crippen LogP contribution in [0.2, 0.25) is 13.1 Å². The molecule has 0 spiro atoms. The summed E-state index contributed by atoms with van der Waals surface area (Å²) in [6.45, 7) is 13.0. The number of hydrogen-bond acceptors (Lipinski definition) is 11. The molecule has 12 heteroatoms. The largest absolute Gasteiger partial charge is 0.455 e. The minimum absolute atomic E-state index is 0.115. The zero-order chi connectivity index (χ0) is 37.3. The van der Waals surface area contributed by atoms with Gasteiger partial charge in [-0.3, -0.25) is 14.4 Å². The Morgan fingerprint density at radius 1 is 0.922 bits per heavy atom. The number of ketones is 1. The maximum absolute atomic E-state index is 15.7. The fourth-order valence-corrected chi connectivity index (χ4v) is 11.5. The van der Waals surface area contributed by atoms with Gasteiger partial charge in [-0.2, -0.15) is 0 Å². The Morgan fingerprint density at radius 2 is 1.53 bits per heavy atom. The number of carbonyl (C=O) groups excluding carboxylic acids is 4. The van der Waals surface area contributed by atoms with Crippen molar-refractivity contribution in [3.63, 3.8) is 0 Å². The molecular formula is C39H48O11Si. The molecule has 9 atom stereocenters. The Bertz CT molecular complexity index is 1760. The number of ether oxygens (including phenoxy) is 4. The molecule has 3 fully saturated rings. The van der Waals surface area contributed by atoms with Crippen molar-refractivity contribution in [1.29, 1.82) is 0 Å². The predicted molar refractivity (Wildman–Crippen MR) is 187 cm³/mol. The van der Waals surface area contributed by atoms with Gasteiger partial charge >= 0.3 is 17.9 Å². The second-order valence-corrected chi connectivity index (χ2v) is 19.6. The molecule has 0 unspecified atom stereocenters. The van der Waals surface area contributed by atoms with Crippen LogP contribution in [0, 0.1) is 16.7 Å². The van der Waals surface area contributed by atoms with Gasteiger partial charge < -0.3 is 33.6 Å². The van der Waals surface area contributed by atoms with Gasteiger partial charge in [-0.1, -0.05) is 62.4 Å². The zero-order valence-corrected chi connectivity index (χ0v) is 31.4. The van der Waals surface area contributed by atoms with Crippen molar-refractivity contribution in [1.82, 2.24) is 0 Å². The van der Waals surface area contributed by atoms with Crippen molar-refractivity contribution in [2.45, 2.75) is 109 Å². The van der Waals surface area contributed by atoms with Gasteiger partial charge in [0.15, 0.2) is 17.5 Å². The molecule has 2 aromatic rings. The number of aliphatic hydroxyl groups excluding tert-OH is 1. The molecule has 1 heterocycles. The van der Waals surface area contributed by atoms with E-state index >= 15 is 4.79 Å². The lowest BCUT2D eigenvalue weighted by molar-refractivity contribution is -0.344. The summed E-state index contributed by atoms with van der Waals surface area (Å²) in [5.74, 6) is -4.05. The molecule has 0 radical (unpaired) electrons.